The third kappa shape index (κ3) is 10.9. The molecule has 0 fully saturated rings. The van der Waals surface area contributed by atoms with E-state index < -0.39 is 22.0 Å². The molecule has 1 atom stereocenters. The first-order chi connectivity index (χ1) is 7.70. The molecule has 5 N–H and O–H groups in total. The van der Waals surface area contributed by atoms with Gasteiger partial charge in [-0.25, -0.2) is 18.4 Å². The van der Waals surface area contributed by atoms with Crippen LogP contribution >= 0.6 is 0 Å². The van der Waals surface area contributed by atoms with Gasteiger partial charge in [-0.3, -0.25) is 4.79 Å². The number of primary sulfonamides is 1. The highest BCUT2D eigenvalue weighted by molar-refractivity contribution is 7.89. The number of rotatable bonds is 7. The number of carboxylic acid groups (broad SMARTS) is 1. The molecule has 0 rings (SSSR count). The van der Waals surface area contributed by atoms with Crippen LogP contribution in [-0.4, -0.2) is 43.9 Å². The summed E-state index contributed by atoms with van der Waals surface area (Å²) >= 11 is 0. The first-order valence-electron chi connectivity index (χ1n) is 4.97. The molecule has 8 nitrogen and oxygen atoms in total. The van der Waals surface area contributed by atoms with Crippen molar-refractivity contribution in [2.24, 2.45) is 5.14 Å². The zero-order chi connectivity index (χ0) is 13.5. The van der Waals surface area contributed by atoms with Gasteiger partial charge in [-0.15, -0.1) is 0 Å². The van der Waals surface area contributed by atoms with Gasteiger partial charge in [0.05, 0.1) is 5.75 Å². The number of hydrogen-bond acceptors (Lipinski definition) is 4. The van der Waals surface area contributed by atoms with Gasteiger partial charge in [-0.05, 0) is 13.3 Å². The minimum Gasteiger partial charge on any atom is -0.481 e. The molecule has 0 aromatic carbocycles. The Bertz CT molecular complexity index is 367. The Morgan fingerprint density at radius 1 is 1.41 bits per heavy atom. The molecule has 100 valence electrons. The molecule has 0 saturated heterocycles. The van der Waals surface area contributed by atoms with Crippen molar-refractivity contribution >= 4 is 22.0 Å². The number of carbonyl (C=O) groups excluding carboxylic acids is 1. The second-order valence-corrected chi connectivity index (χ2v) is 5.33. The lowest BCUT2D eigenvalue weighted by molar-refractivity contribution is -0.137. The molecule has 9 heteroatoms. The van der Waals surface area contributed by atoms with Gasteiger partial charge < -0.3 is 15.7 Å². The zero-order valence-electron chi connectivity index (χ0n) is 9.47. The number of aliphatic carboxylic acids is 1. The average Bonchev–Trinajstić information content (AvgIpc) is 2.12. The van der Waals surface area contributed by atoms with E-state index >= 15 is 0 Å². The molecule has 0 aliphatic heterocycles. The van der Waals surface area contributed by atoms with E-state index in [-0.39, 0.29) is 24.8 Å². The van der Waals surface area contributed by atoms with E-state index in [1.54, 1.807) is 6.92 Å². The van der Waals surface area contributed by atoms with Crippen molar-refractivity contribution in [2.45, 2.75) is 25.8 Å². The first-order valence-corrected chi connectivity index (χ1v) is 6.69. The van der Waals surface area contributed by atoms with Crippen LogP contribution in [0.15, 0.2) is 0 Å². The summed E-state index contributed by atoms with van der Waals surface area (Å²) in [6.07, 6.45) is 0.260. The highest BCUT2D eigenvalue weighted by atomic mass is 32.2. The van der Waals surface area contributed by atoms with Crippen molar-refractivity contribution in [3.8, 4) is 0 Å². The monoisotopic (exact) mass is 267 g/mol. The molecule has 0 heterocycles. The van der Waals surface area contributed by atoms with Gasteiger partial charge in [0.1, 0.15) is 0 Å². The fourth-order valence-corrected chi connectivity index (χ4v) is 1.38. The molecule has 0 aliphatic carbocycles. The number of carbonyl (C=O) groups is 2. The van der Waals surface area contributed by atoms with Gasteiger partial charge in [0.2, 0.25) is 10.0 Å². The summed E-state index contributed by atoms with van der Waals surface area (Å²) in [5, 5.41) is 17.9. The predicted octanol–water partition coefficient (Wildman–Crippen LogP) is -1.17. The van der Waals surface area contributed by atoms with E-state index in [1.165, 1.54) is 0 Å². The van der Waals surface area contributed by atoms with Gasteiger partial charge in [0.15, 0.2) is 0 Å². The van der Waals surface area contributed by atoms with Crippen LogP contribution < -0.4 is 15.8 Å². The van der Waals surface area contributed by atoms with E-state index in [0.717, 1.165) is 0 Å². The summed E-state index contributed by atoms with van der Waals surface area (Å²) < 4.78 is 21.1. The Balaban J connectivity index is 3.75. The van der Waals surface area contributed by atoms with Crippen molar-refractivity contribution in [3.05, 3.63) is 0 Å². The van der Waals surface area contributed by atoms with E-state index in [1.807, 2.05) is 0 Å². The Kier molecular flexibility index (Phi) is 6.51. The average molecular weight is 267 g/mol. The smallest absolute Gasteiger partial charge is 0.315 e. The Hall–Kier alpha value is -1.35. The first kappa shape index (κ1) is 15.7. The summed E-state index contributed by atoms with van der Waals surface area (Å²) in [6, 6.07) is -0.855. The molecule has 1 unspecified atom stereocenters. The molecular formula is C8H17N3O5S. The molecule has 0 aromatic heterocycles. The molecule has 0 saturated carbocycles. The number of carboxylic acids is 1. The maximum atomic E-state index is 11.2. The van der Waals surface area contributed by atoms with Crippen LogP contribution in [0.4, 0.5) is 4.79 Å². The summed E-state index contributed by atoms with van der Waals surface area (Å²) in [6.45, 7) is 1.57. The predicted molar refractivity (Wildman–Crippen MR) is 60.8 cm³/mol. The van der Waals surface area contributed by atoms with Crippen LogP contribution in [0.2, 0.25) is 0 Å². The van der Waals surface area contributed by atoms with Crippen molar-refractivity contribution in [1.29, 1.82) is 0 Å². The van der Waals surface area contributed by atoms with Crippen molar-refractivity contribution in [3.63, 3.8) is 0 Å². The zero-order valence-corrected chi connectivity index (χ0v) is 10.3. The van der Waals surface area contributed by atoms with Crippen LogP contribution in [0.1, 0.15) is 19.8 Å². The van der Waals surface area contributed by atoms with Crippen molar-refractivity contribution in [2.75, 3.05) is 12.3 Å². The molecule has 0 radical (unpaired) electrons. The fourth-order valence-electron chi connectivity index (χ4n) is 0.994. The maximum absolute atomic E-state index is 11.2. The van der Waals surface area contributed by atoms with Crippen LogP contribution in [0.3, 0.4) is 0 Å². The molecule has 17 heavy (non-hydrogen) atoms. The summed E-state index contributed by atoms with van der Waals surface area (Å²) in [7, 11) is -3.59. The Morgan fingerprint density at radius 2 is 2.00 bits per heavy atom. The SMILES string of the molecule is CC(CCC(=O)O)NC(=O)NCCS(N)(=O)=O. The topological polar surface area (TPSA) is 139 Å². The van der Waals surface area contributed by atoms with Crippen molar-refractivity contribution in [1.82, 2.24) is 10.6 Å². The van der Waals surface area contributed by atoms with Gasteiger partial charge in [0.25, 0.3) is 0 Å². The van der Waals surface area contributed by atoms with Crippen LogP contribution in [0.25, 0.3) is 0 Å². The van der Waals surface area contributed by atoms with Crippen LogP contribution in [0, 0.1) is 0 Å². The normalized spacial score (nSPS) is 12.8. The minimum atomic E-state index is -3.59. The van der Waals surface area contributed by atoms with E-state index in [9.17, 15) is 18.0 Å². The standard InChI is InChI=1S/C8H17N3O5S/c1-6(2-3-7(12)13)11-8(14)10-4-5-17(9,15)16/h6H,2-5H2,1H3,(H,12,13)(H2,9,15,16)(H2,10,11,14). The van der Waals surface area contributed by atoms with Crippen molar-refractivity contribution < 1.29 is 23.1 Å². The molecule has 0 aromatic rings. The highest BCUT2D eigenvalue weighted by Gasteiger charge is 2.09. The van der Waals surface area contributed by atoms with E-state index in [0.29, 0.717) is 6.42 Å². The van der Waals surface area contributed by atoms with Gasteiger partial charge in [-0.2, -0.15) is 0 Å². The Morgan fingerprint density at radius 3 is 2.47 bits per heavy atom. The largest absolute Gasteiger partial charge is 0.481 e. The molecular weight excluding hydrogens is 250 g/mol. The Labute approximate surface area is 99.6 Å². The maximum Gasteiger partial charge on any atom is 0.315 e. The molecule has 0 bridgehead atoms. The van der Waals surface area contributed by atoms with Crippen LogP contribution in [0.5, 0.6) is 0 Å². The molecule has 2 amide bonds. The van der Waals surface area contributed by atoms with Gasteiger partial charge >= 0.3 is 12.0 Å². The van der Waals surface area contributed by atoms with Gasteiger partial charge in [-0.1, -0.05) is 0 Å². The number of urea groups is 1. The number of nitrogens with one attached hydrogen (secondary N) is 2. The van der Waals surface area contributed by atoms with E-state index in [4.69, 9.17) is 10.2 Å². The van der Waals surface area contributed by atoms with Gasteiger partial charge in [0, 0.05) is 19.0 Å². The lowest BCUT2D eigenvalue weighted by Gasteiger charge is -2.13. The third-order valence-corrected chi connectivity index (χ3v) is 2.61. The van der Waals surface area contributed by atoms with Crippen LogP contribution in [-0.2, 0) is 14.8 Å². The van der Waals surface area contributed by atoms with E-state index in [2.05, 4.69) is 10.6 Å². The second kappa shape index (κ2) is 7.07. The number of amides is 2. The molecule has 0 aliphatic rings. The summed E-state index contributed by atoms with van der Waals surface area (Å²) in [4.78, 5) is 21.4. The second-order valence-electron chi connectivity index (χ2n) is 3.60. The fraction of sp³-hybridized carbons (Fsp3) is 0.750. The third-order valence-electron chi connectivity index (χ3n) is 1.84. The molecule has 0 spiro atoms. The number of hydrogen-bond donors (Lipinski definition) is 4. The highest BCUT2D eigenvalue weighted by Crippen LogP contribution is 1.95. The quantitative estimate of drug-likeness (QED) is 0.460. The lowest BCUT2D eigenvalue weighted by atomic mass is 10.2. The summed E-state index contributed by atoms with van der Waals surface area (Å²) in [5.74, 6) is -1.28. The minimum absolute atomic E-state index is 0.0430. The summed E-state index contributed by atoms with van der Waals surface area (Å²) in [5.41, 5.74) is 0. The number of nitrogens with two attached hydrogens (primary N) is 1. The number of sulfonamides is 1. The lowest BCUT2D eigenvalue weighted by Crippen LogP contribution is -2.42.